The van der Waals surface area contributed by atoms with Crippen molar-refractivity contribution in [2.45, 2.75) is 25.5 Å². The fourth-order valence-electron chi connectivity index (χ4n) is 4.52. The summed E-state index contributed by atoms with van der Waals surface area (Å²) in [7, 11) is 3.52. The third kappa shape index (κ3) is 3.73. The molecule has 5 rings (SSSR count). The minimum atomic E-state index is -0.00589. The number of aromatic nitrogens is 3. The average Bonchev–Trinajstić information content (AvgIpc) is 3.25. The van der Waals surface area contributed by atoms with Gasteiger partial charge in [0.25, 0.3) is 5.56 Å². The van der Waals surface area contributed by atoms with Gasteiger partial charge in [-0.05, 0) is 30.3 Å². The molecule has 0 amide bonds. The third-order valence-corrected chi connectivity index (χ3v) is 6.29. The number of benzene rings is 2. The molecule has 0 radical (unpaired) electrons. The van der Waals surface area contributed by atoms with E-state index in [4.69, 9.17) is 14.5 Å². The molecule has 1 fully saturated rings. The first kappa shape index (κ1) is 20.6. The zero-order valence-electron chi connectivity index (χ0n) is 18.5. The lowest BCUT2D eigenvalue weighted by molar-refractivity contribution is 0.172. The molecule has 2 aromatic carbocycles. The molecule has 2 aromatic heterocycles. The van der Waals surface area contributed by atoms with Crippen LogP contribution in [0.25, 0.3) is 21.8 Å². The van der Waals surface area contributed by atoms with Crippen LogP contribution in [0.15, 0.2) is 59.5 Å². The molecule has 0 bridgehead atoms. The average molecular weight is 433 g/mol. The number of rotatable bonds is 6. The van der Waals surface area contributed by atoms with Gasteiger partial charge < -0.3 is 18.9 Å². The normalized spacial score (nSPS) is 15.0. The second-order valence-electron chi connectivity index (χ2n) is 8.29. The first-order valence-corrected chi connectivity index (χ1v) is 11.1. The first-order valence-electron chi connectivity index (χ1n) is 11.1. The highest BCUT2D eigenvalue weighted by atomic mass is 16.5. The molecule has 0 atom stereocenters. The zero-order chi connectivity index (χ0) is 22.1. The van der Waals surface area contributed by atoms with E-state index in [1.54, 1.807) is 18.7 Å². The van der Waals surface area contributed by atoms with E-state index in [9.17, 15) is 4.79 Å². The predicted octanol–water partition coefficient (Wildman–Crippen LogP) is 3.58. The van der Waals surface area contributed by atoms with Crippen molar-refractivity contribution in [3.8, 4) is 5.75 Å². The van der Waals surface area contributed by atoms with Crippen LogP contribution < -0.4 is 15.2 Å². The van der Waals surface area contributed by atoms with Crippen molar-refractivity contribution in [3.05, 3.63) is 65.1 Å². The Morgan fingerprint density at radius 3 is 2.66 bits per heavy atom. The Balaban J connectivity index is 1.31. The molecule has 4 aromatic rings. The van der Waals surface area contributed by atoms with Crippen LogP contribution in [-0.2, 0) is 18.3 Å². The molecule has 166 valence electrons. The number of fused-ring (bicyclic) bond motifs is 2. The van der Waals surface area contributed by atoms with E-state index in [-0.39, 0.29) is 11.7 Å². The molecule has 0 aliphatic carbocycles. The summed E-state index contributed by atoms with van der Waals surface area (Å²) in [6.07, 6.45) is 3.98. The standard InChI is InChI=1S/C25H28N4O3/c1-27-24(30)19-6-3-4-7-21(19)26-25(27)29-13-10-18(11-14-29)32-23-9-5-8-22-20(23)12-15-28(22)16-17-31-2/h3-9,12,15,18H,10-11,13-14,16-17H2,1-2H3. The summed E-state index contributed by atoms with van der Waals surface area (Å²) in [5.41, 5.74) is 1.90. The van der Waals surface area contributed by atoms with Crippen molar-refractivity contribution < 1.29 is 9.47 Å². The highest BCUT2D eigenvalue weighted by Gasteiger charge is 2.24. The van der Waals surface area contributed by atoms with Gasteiger partial charge in [-0.15, -0.1) is 0 Å². The maximum absolute atomic E-state index is 12.8. The second kappa shape index (κ2) is 8.67. The monoisotopic (exact) mass is 432 g/mol. The molecule has 1 saturated heterocycles. The van der Waals surface area contributed by atoms with Gasteiger partial charge in [0.15, 0.2) is 0 Å². The largest absolute Gasteiger partial charge is 0.490 e. The lowest BCUT2D eigenvalue weighted by Gasteiger charge is -2.33. The molecular formula is C25H28N4O3. The van der Waals surface area contributed by atoms with Crippen molar-refractivity contribution in [1.29, 1.82) is 0 Å². The zero-order valence-corrected chi connectivity index (χ0v) is 18.5. The van der Waals surface area contributed by atoms with Crippen LogP contribution in [0.4, 0.5) is 5.95 Å². The number of hydrogen-bond donors (Lipinski definition) is 0. The highest BCUT2D eigenvalue weighted by molar-refractivity contribution is 5.86. The second-order valence-corrected chi connectivity index (χ2v) is 8.29. The smallest absolute Gasteiger partial charge is 0.262 e. The molecule has 0 saturated carbocycles. The Morgan fingerprint density at radius 1 is 1.03 bits per heavy atom. The lowest BCUT2D eigenvalue weighted by Crippen LogP contribution is -2.41. The van der Waals surface area contributed by atoms with Gasteiger partial charge >= 0.3 is 0 Å². The third-order valence-electron chi connectivity index (χ3n) is 6.29. The number of hydrogen-bond acceptors (Lipinski definition) is 5. The number of methoxy groups -OCH3 is 1. The van der Waals surface area contributed by atoms with Crippen LogP contribution in [-0.4, -0.2) is 47.0 Å². The van der Waals surface area contributed by atoms with Gasteiger partial charge in [-0.2, -0.15) is 0 Å². The molecule has 3 heterocycles. The van der Waals surface area contributed by atoms with Gasteiger partial charge in [-0.25, -0.2) is 4.98 Å². The van der Waals surface area contributed by atoms with Crippen LogP contribution in [0.5, 0.6) is 5.75 Å². The molecule has 0 unspecified atom stereocenters. The van der Waals surface area contributed by atoms with Gasteiger partial charge in [0.2, 0.25) is 5.95 Å². The van der Waals surface area contributed by atoms with E-state index in [0.29, 0.717) is 12.0 Å². The number of piperidine rings is 1. The summed E-state index contributed by atoms with van der Waals surface area (Å²) < 4.78 is 15.5. The number of anilines is 1. The van der Waals surface area contributed by atoms with Crippen molar-refractivity contribution >= 4 is 27.8 Å². The van der Waals surface area contributed by atoms with E-state index in [1.165, 1.54) is 0 Å². The molecule has 7 heteroatoms. The number of ether oxygens (including phenoxy) is 2. The Hall–Kier alpha value is -3.32. The molecule has 0 spiro atoms. The van der Waals surface area contributed by atoms with E-state index < -0.39 is 0 Å². The van der Waals surface area contributed by atoms with Crippen LogP contribution in [0.2, 0.25) is 0 Å². The fraction of sp³-hybridized carbons (Fsp3) is 0.360. The quantitative estimate of drug-likeness (QED) is 0.466. The summed E-state index contributed by atoms with van der Waals surface area (Å²) in [5, 5.41) is 1.78. The minimum Gasteiger partial charge on any atom is -0.490 e. The topological polar surface area (TPSA) is 61.5 Å². The van der Waals surface area contributed by atoms with Gasteiger partial charge in [-0.3, -0.25) is 9.36 Å². The Morgan fingerprint density at radius 2 is 1.84 bits per heavy atom. The van der Waals surface area contributed by atoms with Gasteiger partial charge in [0.1, 0.15) is 11.9 Å². The van der Waals surface area contributed by atoms with Crippen molar-refractivity contribution in [1.82, 2.24) is 14.1 Å². The number of nitrogens with zero attached hydrogens (tertiary/aromatic N) is 4. The summed E-state index contributed by atoms with van der Waals surface area (Å²) >= 11 is 0. The van der Waals surface area contributed by atoms with Crippen LogP contribution >= 0.6 is 0 Å². The van der Waals surface area contributed by atoms with Crippen LogP contribution in [0.3, 0.4) is 0 Å². The molecule has 0 N–H and O–H groups in total. The molecule has 7 nitrogen and oxygen atoms in total. The van der Waals surface area contributed by atoms with Crippen molar-refractivity contribution in [2.24, 2.45) is 7.05 Å². The summed E-state index contributed by atoms with van der Waals surface area (Å²) in [6.45, 7) is 3.10. The van der Waals surface area contributed by atoms with E-state index in [1.807, 2.05) is 36.4 Å². The van der Waals surface area contributed by atoms with Crippen molar-refractivity contribution in [2.75, 3.05) is 31.7 Å². The first-order chi connectivity index (χ1) is 15.7. The van der Waals surface area contributed by atoms with E-state index in [2.05, 4.69) is 27.8 Å². The van der Waals surface area contributed by atoms with E-state index >= 15 is 0 Å². The Labute approximate surface area is 186 Å². The van der Waals surface area contributed by atoms with Gasteiger partial charge in [0, 0.05) is 58.2 Å². The van der Waals surface area contributed by atoms with Crippen LogP contribution in [0, 0.1) is 0 Å². The lowest BCUT2D eigenvalue weighted by atomic mass is 10.1. The molecular weight excluding hydrogens is 404 g/mol. The molecule has 32 heavy (non-hydrogen) atoms. The Kier molecular flexibility index (Phi) is 5.57. The summed E-state index contributed by atoms with van der Waals surface area (Å²) in [5.74, 6) is 1.65. The highest BCUT2D eigenvalue weighted by Crippen LogP contribution is 2.30. The van der Waals surface area contributed by atoms with E-state index in [0.717, 1.165) is 60.6 Å². The van der Waals surface area contributed by atoms with Gasteiger partial charge in [-0.1, -0.05) is 18.2 Å². The maximum atomic E-state index is 12.8. The molecule has 1 aliphatic rings. The maximum Gasteiger partial charge on any atom is 0.262 e. The SMILES string of the molecule is COCCn1ccc2c(OC3CCN(c4nc5ccccc5c(=O)n4C)CC3)cccc21. The fourth-order valence-corrected chi connectivity index (χ4v) is 4.52. The summed E-state index contributed by atoms with van der Waals surface area (Å²) in [4.78, 5) is 19.7. The van der Waals surface area contributed by atoms with Crippen molar-refractivity contribution in [3.63, 3.8) is 0 Å². The summed E-state index contributed by atoms with van der Waals surface area (Å²) in [6, 6.07) is 15.8. The van der Waals surface area contributed by atoms with Crippen LogP contribution in [0.1, 0.15) is 12.8 Å². The molecule has 1 aliphatic heterocycles. The predicted molar refractivity (Wildman–Crippen MR) is 127 cm³/mol. The minimum absolute atomic E-state index is 0.00589. The van der Waals surface area contributed by atoms with Gasteiger partial charge in [0.05, 0.1) is 23.0 Å². The Bertz CT molecular complexity index is 1300. The number of para-hydroxylation sites is 1.